The molecule has 0 unspecified atom stereocenters. The third kappa shape index (κ3) is 5.55. The van der Waals surface area contributed by atoms with E-state index in [0.29, 0.717) is 27.2 Å². The molecule has 8 heteroatoms. The minimum absolute atomic E-state index is 0.211. The minimum Gasteiger partial charge on any atom is -0.494 e. The number of nitrogens with one attached hydrogen (secondary N) is 3. The molecule has 0 heterocycles. The number of ether oxygens (including phenoxy) is 1. The predicted molar refractivity (Wildman–Crippen MR) is 99.6 cm³/mol. The number of hydrogen-bond acceptors (Lipinski definition) is 3. The summed E-state index contributed by atoms with van der Waals surface area (Å²) >= 11 is 11.9. The van der Waals surface area contributed by atoms with Crippen molar-refractivity contribution in [2.45, 2.75) is 13.5 Å². The van der Waals surface area contributed by atoms with E-state index in [1.54, 1.807) is 36.4 Å². The minimum atomic E-state index is -0.402. The van der Waals surface area contributed by atoms with Crippen LogP contribution in [0.2, 0.25) is 10.0 Å². The van der Waals surface area contributed by atoms with Gasteiger partial charge >= 0.3 is 6.03 Å². The maximum Gasteiger partial charge on any atom is 0.319 e. The van der Waals surface area contributed by atoms with Crippen LogP contribution in [-0.4, -0.2) is 19.0 Å². The Balaban J connectivity index is 1.99. The van der Waals surface area contributed by atoms with Gasteiger partial charge in [-0.05, 0) is 29.8 Å². The Morgan fingerprint density at radius 2 is 1.84 bits per heavy atom. The highest BCUT2D eigenvalue weighted by Crippen LogP contribution is 2.28. The van der Waals surface area contributed by atoms with Crippen molar-refractivity contribution in [3.8, 4) is 5.75 Å². The third-order valence-corrected chi connectivity index (χ3v) is 3.81. The van der Waals surface area contributed by atoms with Gasteiger partial charge in [-0.1, -0.05) is 29.3 Å². The van der Waals surface area contributed by atoms with Crippen LogP contribution in [0.15, 0.2) is 36.4 Å². The fraction of sp³-hybridized carbons (Fsp3) is 0.176. The Labute approximate surface area is 155 Å². The number of carbonyl (C=O) groups is 2. The Hall–Kier alpha value is -2.44. The van der Waals surface area contributed by atoms with Crippen molar-refractivity contribution in [3.05, 3.63) is 52.0 Å². The number of carbonyl (C=O) groups excluding carboxylic acids is 2. The average Bonchev–Trinajstić information content (AvgIpc) is 2.55. The molecule has 2 rings (SSSR count). The number of anilines is 2. The first-order valence-corrected chi connectivity index (χ1v) is 8.09. The molecule has 3 amide bonds. The normalized spacial score (nSPS) is 10.1. The summed E-state index contributed by atoms with van der Waals surface area (Å²) < 4.78 is 5.21. The van der Waals surface area contributed by atoms with Crippen molar-refractivity contribution in [2.24, 2.45) is 0 Å². The molecule has 132 valence electrons. The number of amides is 3. The predicted octanol–water partition coefficient (Wildman–Crippen LogP) is 4.28. The van der Waals surface area contributed by atoms with Crippen LogP contribution in [0.25, 0.3) is 0 Å². The molecule has 0 spiro atoms. The number of rotatable bonds is 5. The molecule has 0 radical (unpaired) electrons. The van der Waals surface area contributed by atoms with E-state index >= 15 is 0 Å². The SMILES string of the molecule is COc1cc(NC(=O)NCc2ccc(Cl)cc2Cl)ccc1NC(C)=O. The van der Waals surface area contributed by atoms with E-state index in [4.69, 9.17) is 27.9 Å². The fourth-order valence-corrected chi connectivity index (χ4v) is 2.55. The van der Waals surface area contributed by atoms with Gasteiger partial charge in [-0.25, -0.2) is 4.79 Å². The van der Waals surface area contributed by atoms with E-state index in [-0.39, 0.29) is 12.5 Å². The van der Waals surface area contributed by atoms with E-state index in [2.05, 4.69) is 16.0 Å². The summed E-state index contributed by atoms with van der Waals surface area (Å²) in [5.74, 6) is 0.227. The van der Waals surface area contributed by atoms with Crippen LogP contribution in [0.3, 0.4) is 0 Å². The first-order valence-electron chi connectivity index (χ1n) is 7.33. The molecular weight excluding hydrogens is 365 g/mol. The first-order chi connectivity index (χ1) is 11.9. The molecule has 0 bridgehead atoms. The first kappa shape index (κ1) is 18.9. The summed E-state index contributed by atoms with van der Waals surface area (Å²) in [7, 11) is 1.48. The smallest absolute Gasteiger partial charge is 0.319 e. The molecular formula is C17H17Cl2N3O3. The van der Waals surface area contributed by atoms with Crippen molar-refractivity contribution in [3.63, 3.8) is 0 Å². The van der Waals surface area contributed by atoms with E-state index in [1.165, 1.54) is 14.0 Å². The Kier molecular flexibility index (Phi) is 6.50. The summed E-state index contributed by atoms with van der Waals surface area (Å²) in [4.78, 5) is 23.2. The lowest BCUT2D eigenvalue weighted by Gasteiger charge is -2.12. The van der Waals surface area contributed by atoms with Gasteiger partial charge in [-0.3, -0.25) is 4.79 Å². The van der Waals surface area contributed by atoms with Crippen molar-refractivity contribution in [1.82, 2.24) is 5.32 Å². The summed E-state index contributed by atoms with van der Waals surface area (Å²) in [6.07, 6.45) is 0. The molecule has 2 aromatic rings. The van der Waals surface area contributed by atoms with Gasteiger partial charge in [-0.15, -0.1) is 0 Å². The van der Waals surface area contributed by atoms with Gasteiger partial charge < -0.3 is 20.7 Å². The Bertz CT molecular complexity index is 797. The molecule has 0 saturated carbocycles. The van der Waals surface area contributed by atoms with Crippen LogP contribution >= 0.6 is 23.2 Å². The second-order valence-corrected chi connectivity index (χ2v) is 5.98. The maximum absolute atomic E-state index is 12.0. The van der Waals surface area contributed by atoms with Gasteiger partial charge in [-0.2, -0.15) is 0 Å². The zero-order valence-electron chi connectivity index (χ0n) is 13.7. The fourth-order valence-electron chi connectivity index (χ4n) is 2.08. The lowest BCUT2D eigenvalue weighted by Crippen LogP contribution is -2.28. The molecule has 6 nitrogen and oxygen atoms in total. The zero-order valence-corrected chi connectivity index (χ0v) is 15.2. The highest BCUT2D eigenvalue weighted by Gasteiger charge is 2.09. The molecule has 0 atom stereocenters. The van der Waals surface area contributed by atoms with E-state index in [9.17, 15) is 9.59 Å². The highest BCUT2D eigenvalue weighted by atomic mass is 35.5. The van der Waals surface area contributed by atoms with Crippen LogP contribution in [0, 0.1) is 0 Å². The monoisotopic (exact) mass is 381 g/mol. The molecule has 0 fully saturated rings. The second kappa shape index (κ2) is 8.60. The molecule has 0 aliphatic rings. The summed E-state index contributed by atoms with van der Waals surface area (Å²) in [5.41, 5.74) is 1.79. The number of hydrogen-bond donors (Lipinski definition) is 3. The van der Waals surface area contributed by atoms with Crippen molar-refractivity contribution >= 4 is 46.5 Å². The number of halogens is 2. The maximum atomic E-state index is 12.0. The van der Waals surface area contributed by atoms with Crippen molar-refractivity contribution in [1.29, 1.82) is 0 Å². The van der Waals surface area contributed by atoms with E-state index in [0.717, 1.165) is 5.56 Å². The van der Waals surface area contributed by atoms with Crippen LogP contribution in [0.1, 0.15) is 12.5 Å². The zero-order chi connectivity index (χ0) is 18.4. The quantitative estimate of drug-likeness (QED) is 0.722. The molecule has 0 aromatic heterocycles. The standard InChI is InChI=1S/C17H17Cl2N3O3/c1-10(23)21-15-6-5-13(8-16(15)25-2)22-17(24)20-9-11-3-4-12(18)7-14(11)19/h3-8H,9H2,1-2H3,(H,21,23)(H2,20,22,24). The number of urea groups is 1. The summed E-state index contributed by atoms with van der Waals surface area (Å²) in [6.45, 7) is 1.66. The van der Waals surface area contributed by atoms with Crippen LogP contribution in [0.5, 0.6) is 5.75 Å². The van der Waals surface area contributed by atoms with Gasteiger partial charge in [0.05, 0.1) is 12.8 Å². The van der Waals surface area contributed by atoms with Gasteiger partial charge in [0.25, 0.3) is 0 Å². The highest BCUT2D eigenvalue weighted by molar-refractivity contribution is 6.35. The van der Waals surface area contributed by atoms with Crippen molar-refractivity contribution < 1.29 is 14.3 Å². The van der Waals surface area contributed by atoms with Gasteiger partial charge in [0.2, 0.25) is 5.91 Å². The van der Waals surface area contributed by atoms with Gasteiger partial charge in [0.1, 0.15) is 5.75 Å². The Morgan fingerprint density at radius 1 is 1.08 bits per heavy atom. The Morgan fingerprint density at radius 3 is 2.48 bits per heavy atom. The average molecular weight is 382 g/mol. The van der Waals surface area contributed by atoms with Gasteiger partial charge in [0.15, 0.2) is 0 Å². The number of methoxy groups -OCH3 is 1. The lowest BCUT2D eigenvalue weighted by atomic mass is 10.2. The van der Waals surface area contributed by atoms with E-state index in [1.807, 2.05) is 0 Å². The molecule has 0 aliphatic heterocycles. The second-order valence-electron chi connectivity index (χ2n) is 5.14. The largest absolute Gasteiger partial charge is 0.494 e. The summed E-state index contributed by atoms with van der Waals surface area (Å²) in [5, 5.41) is 9.05. The van der Waals surface area contributed by atoms with Crippen LogP contribution in [-0.2, 0) is 11.3 Å². The molecule has 0 saturated heterocycles. The molecule has 3 N–H and O–H groups in total. The van der Waals surface area contributed by atoms with Crippen LogP contribution in [0.4, 0.5) is 16.2 Å². The van der Waals surface area contributed by atoms with Crippen LogP contribution < -0.4 is 20.7 Å². The third-order valence-electron chi connectivity index (χ3n) is 3.22. The molecule has 25 heavy (non-hydrogen) atoms. The lowest BCUT2D eigenvalue weighted by molar-refractivity contribution is -0.114. The number of benzene rings is 2. The molecule has 2 aromatic carbocycles. The topological polar surface area (TPSA) is 79.5 Å². The summed E-state index contributed by atoms with van der Waals surface area (Å²) in [6, 6.07) is 9.57. The van der Waals surface area contributed by atoms with E-state index < -0.39 is 6.03 Å². The van der Waals surface area contributed by atoms with Crippen molar-refractivity contribution in [2.75, 3.05) is 17.7 Å². The molecule has 0 aliphatic carbocycles. The van der Waals surface area contributed by atoms with Gasteiger partial charge in [0, 0.05) is 35.3 Å².